The summed E-state index contributed by atoms with van der Waals surface area (Å²) in [6, 6.07) is 6.62. The lowest BCUT2D eigenvalue weighted by atomic mass is 9.98. The van der Waals surface area contributed by atoms with Crippen molar-refractivity contribution in [3.8, 4) is 0 Å². The molecule has 1 atom stereocenters. The van der Waals surface area contributed by atoms with Crippen molar-refractivity contribution in [3.05, 3.63) is 70.0 Å². The van der Waals surface area contributed by atoms with Crippen molar-refractivity contribution in [3.63, 3.8) is 0 Å². The highest BCUT2D eigenvalue weighted by molar-refractivity contribution is 6.31. The smallest absolute Gasteiger partial charge is 0.129 e. The molecular formula is C14H12ClF3N2. The average Bonchev–Trinajstić information content (AvgIpc) is 2.42. The Morgan fingerprint density at radius 2 is 1.75 bits per heavy atom. The summed E-state index contributed by atoms with van der Waals surface area (Å²) >= 11 is 5.97. The molecule has 2 nitrogen and oxygen atoms in total. The molecule has 20 heavy (non-hydrogen) atoms. The number of nitrogens with one attached hydrogen (secondary N) is 1. The van der Waals surface area contributed by atoms with Crippen LogP contribution in [0.3, 0.4) is 0 Å². The van der Waals surface area contributed by atoms with Gasteiger partial charge in [0.25, 0.3) is 0 Å². The van der Waals surface area contributed by atoms with E-state index in [0.717, 1.165) is 12.1 Å². The highest BCUT2D eigenvalue weighted by Gasteiger charge is 2.19. The van der Waals surface area contributed by atoms with Gasteiger partial charge in [-0.15, -0.1) is 0 Å². The Kier molecular flexibility index (Phi) is 4.65. The molecule has 2 rings (SSSR count). The normalized spacial score (nSPS) is 12.4. The van der Waals surface area contributed by atoms with Crippen molar-refractivity contribution in [1.82, 2.24) is 5.43 Å². The Morgan fingerprint density at radius 1 is 1.10 bits per heavy atom. The molecule has 0 radical (unpaired) electrons. The van der Waals surface area contributed by atoms with E-state index in [1.54, 1.807) is 0 Å². The first kappa shape index (κ1) is 14.8. The number of rotatable bonds is 4. The topological polar surface area (TPSA) is 38.0 Å². The van der Waals surface area contributed by atoms with E-state index in [1.165, 1.54) is 24.3 Å². The van der Waals surface area contributed by atoms with E-state index < -0.39 is 23.5 Å². The third-order valence-corrected chi connectivity index (χ3v) is 3.35. The van der Waals surface area contributed by atoms with Crippen LogP contribution >= 0.6 is 11.6 Å². The lowest BCUT2D eigenvalue weighted by Crippen LogP contribution is -2.30. The second kappa shape index (κ2) is 6.26. The third-order valence-electron chi connectivity index (χ3n) is 3.00. The van der Waals surface area contributed by atoms with E-state index in [2.05, 4.69) is 5.43 Å². The Bertz CT molecular complexity index is 599. The number of nitrogens with two attached hydrogens (primary N) is 1. The van der Waals surface area contributed by atoms with Crippen LogP contribution in [0.4, 0.5) is 13.2 Å². The van der Waals surface area contributed by atoms with E-state index in [-0.39, 0.29) is 17.0 Å². The SMILES string of the molecule is NNC(Cc1c(F)cccc1F)c1cc(F)ccc1Cl. The predicted molar refractivity (Wildman–Crippen MR) is 71.5 cm³/mol. The molecule has 1 unspecified atom stereocenters. The molecule has 0 amide bonds. The number of benzene rings is 2. The van der Waals surface area contributed by atoms with E-state index in [0.29, 0.717) is 5.56 Å². The van der Waals surface area contributed by atoms with Crippen LogP contribution in [0.15, 0.2) is 36.4 Å². The average molecular weight is 301 g/mol. The van der Waals surface area contributed by atoms with Crippen molar-refractivity contribution in [2.24, 2.45) is 5.84 Å². The van der Waals surface area contributed by atoms with Crippen molar-refractivity contribution >= 4 is 11.6 Å². The fraction of sp³-hybridized carbons (Fsp3) is 0.143. The molecule has 0 heterocycles. The zero-order chi connectivity index (χ0) is 14.7. The quantitative estimate of drug-likeness (QED) is 0.670. The Morgan fingerprint density at radius 3 is 2.35 bits per heavy atom. The molecule has 2 aromatic rings. The zero-order valence-electron chi connectivity index (χ0n) is 10.3. The summed E-state index contributed by atoms with van der Waals surface area (Å²) in [5.41, 5.74) is 2.62. The van der Waals surface area contributed by atoms with Gasteiger partial charge in [0.15, 0.2) is 0 Å². The molecule has 0 aliphatic carbocycles. The summed E-state index contributed by atoms with van der Waals surface area (Å²) in [5.74, 6) is 3.53. The van der Waals surface area contributed by atoms with E-state index in [4.69, 9.17) is 17.4 Å². The minimum absolute atomic E-state index is 0.0851. The highest BCUT2D eigenvalue weighted by atomic mass is 35.5. The molecule has 0 saturated carbocycles. The predicted octanol–water partition coefficient (Wildman–Crippen LogP) is 3.50. The van der Waals surface area contributed by atoms with Gasteiger partial charge in [-0.05, 0) is 42.3 Å². The molecule has 0 aliphatic heterocycles. The van der Waals surface area contributed by atoms with Gasteiger partial charge in [-0.25, -0.2) is 13.2 Å². The van der Waals surface area contributed by atoms with Crippen LogP contribution in [0.1, 0.15) is 17.2 Å². The zero-order valence-corrected chi connectivity index (χ0v) is 11.1. The van der Waals surface area contributed by atoms with Gasteiger partial charge in [0.1, 0.15) is 17.5 Å². The number of hydrogen-bond acceptors (Lipinski definition) is 2. The monoisotopic (exact) mass is 300 g/mol. The van der Waals surface area contributed by atoms with Crippen molar-refractivity contribution < 1.29 is 13.2 Å². The second-order valence-electron chi connectivity index (χ2n) is 4.29. The maximum Gasteiger partial charge on any atom is 0.129 e. The first-order valence-corrected chi connectivity index (χ1v) is 6.24. The molecule has 0 aromatic heterocycles. The number of halogens is 4. The van der Waals surface area contributed by atoms with E-state index in [9.17, 15) is 13.2 Å². The molecule has 0 bridgehead atoms. The van der Waals surface area contributed by atoms with Gasteiger partial charge >= 0.3 is 0 Å². The summed E-state index contributed by atoms with van der Waals surface area (Å²) in [6.45, 7) is 0. The minimum atomic E-state index is -0.704. The van der Waals surface area contributed by atoms with Crippen molar-refractivity contribution in [2.45, 2.75) is 12.5 Å². The summed E-state index contributed by atoms with van der Waals surface area (Å²) in [7, 11) is 0. The molecule has 0 saturated heterocycles. The standard InChI is InChI=1S/C14H12ClF3N2/c15-11-5-4-8(16)6-9(11)14(20-19)7-10-12(17)2-1-3-13(10)18/h1-6,14,20H,7,19H2. The fourth-order valence-corrected chi connectivity index (χ4v) is 2.22. The molecule has 106 valence electrons. The number of hydrogen-bond donors (Lipinski definition) is 2. The van der Waals surface area contributed by atoms with Gasteiger partial charge in [0.2, 0.25) is 0 Å². The van der Waals surface area contributed by atoms with Crippen molar-refractivity contribution in [2.75, 3.05) is 0 Å². The first-order valence-electron chi connectivity index (χ1n) is 5.87. The van der Waals surface area contributed by atoms with Gasteiger partial charge in [-0.3, -0.25) is 11.3 Å². The van der Waals surface area contributed by atoms with E-state index in [1.807, 2.05) is 0 Å². The van der Waals surface area contributed by atoms with Gasteiger partial charge in [0.05, 0.1) is 6.04 Å². The summed E-state index contributed by atoms with van der Waals surface area (Å²) < 4.78 is 40.5. The second-order valence-corrected chi connectivity index (χ2v) is 4.70. The van der Waals surface area contributed by atoms with Crippen LogP contribution in [-0.4, -0.2) is 0 Å². The molecule has 2 aromatic carbocycles. The van der Waals surface area contributed by atoms with Crippen LogP contribution < -0.4 is 11.3 Å². The highest BCUT2D eigenvalue weighted by Crippen LogP contribution is 2.27. The maximum atomic E-state index is 13.6. The summed E-state index contributed by atoms with van der Waals surface area (Å²) in [4.78, 5) is 0. The van der Waals surface area contributed by atoms with Gasteiger partial charge in [0, 0.05) is 10.6 Å². The first-order chi connectivity index (χ1) is 9.52. The summed E-state index contributed by atoms with van der Waals surface area (Å²) in [6.07, 6.45) is -0.0851. The third kappa shape index (κ3) is 3.12. The van der Waals surface area contributed by atoms with Crippen LogP contribution in [0.2, 0.25) is 5.02 Å². The molecular weight excluding hydrogens is 289 g/mol. The maximum absolute atomic E-state index is 13.6. The lowest BCUT2D eigenvalue weighted by Gasteiger charge is -2.18. The molecule has 0 spiro atoms. The Hall–Kier alpha value is -1.56. The van der Waals surface area contributed by atoms with Gasteiger partial charge in [-0.2, -0.15) is 0 Å². The largest absolute Gasteiger partial charge is 0.271 e. The Labute approximate surface area is 119 Å². The van der Waals surface area contributed by atoms with Gasteiger partial charge < -0.3 is 0 Å². The number of hydrazine groups is 1. The molecule has 0 fully saturated rings. The van der Waals surface area contributed by atoms with Crippen molar-refractivity contribution in [1.29, 1.82) is 0 Å². The minimum Gasteiger partial charge on any atom is -0.271 e. The molecule has 0 aliphatic rings. The van der Waals surface area contributed by atoms with Gasteiger partial charge in [-0.1, -0.05) is 17.7 Å². The van der Waals surface area contributed by atoms with Crippen LogP contribution in [0, 0.1) is 17.5 Å². The fourth-order valence-electron chi connectivity index (χ4n) is 1.97. The van der Waals surface area contributed by atoms with E-state index >= 15 is 0 Å². The van der Waals surface area contributed by atoms with Crippen LogP contribution in [0.5, 0.6) is 0 Å². The molecule has 3 N–H and O–H groups in total. The Balaban J connectivity index is 2.36. The molecule has 6 heteroatoms. The van der Waals surface area contributed by atoms with Crippen LogP contribution in [-0.2, 0) is 6.42 Å². The lowest BCUT2D eigenvalue weighted by molar-refractivity contribution is 0.498. The van der Waals surface area contributed by atoms with Crippen LogP contribution in [0.25, 0.3) is 0 Å². The summed E-state index contributed by atoms with van der Waals surface area (Å²) in [5, 5.41) is 0.270.